The zero-order valence-corrected chi connectivity index (χ0v) is 5.74. The van der Waals surface area contributed by atoms with Gasteiger partial charge in [0.2, 0.25) is 0 Å². The summed E-state index contributed by atoms with van der Waals surface area (Å²) in [6.07, 6.45) is 5.64. The summed E-state index contributed by atoms with van der Waals surface area (Å²) >= 11 is 0. The fourth-order valence-electron chi connectivity index (χ4n) is 0.716. The van der Waals surface area contributed by atoms with Crippen molar-refractivity contribution < 1.29 is 0 Å². The van der Waals surface area contributed by atoms with E-state index in [0.717, 1.165) is 12.4 Å². The molecular weight excluding hydrogens is 130 g/mol. The molecule has 0 aromatic rings. The quantitative estimate of drug-likeness (QED) is 0.450. The molecule has 1 heterocycles. The van der Waals surface area contributed by atoms with Gasteiger partial charge in [0.15, 0.2) is 0 Å². The van der Waals surface area contributed by atoms with Gasteiger partial charge in [-0.05, 0) is 6.08 Å². The number of allylic oxidation sites excluding steroid dienone is 2. The van der Waals surface area contributed by atoms with Crippen LogP contribution in [0.5, 0.6) is 0 Å². The average Bonchev–Trinajstić information content (AvgIpc) is 2.05. The predicted octanol–water partition coefficient (Wildman–Crippen LogP) is 0.600. The molecule has 0 bridgehead atoms. The third-order valence-electron chi connectivity index (χ3n) is 1.26. The Morgan fingerprint density at radius 3 is 3.10 bits per heavy atom. The summed E-state index contributed by atoms with van der Waals surface area (Å²) < 4.78 is 0. The lowest BCUT2D eigenvalue weighted by molar-refractivity contribution is 0.405. The van der Waals surface area contributed by atoms with Gasteiger partial charge in [-0.1, -0.05) is 12.2 Å². The largest absolute Gasteiger partial charge is 0.367 e. The average molecular weight is 139 g/mol. The molecule has 1 rings (SSSR count). The second-order valence-corrected chi connectivity index (χ2v) is 1.97. The number of rotatable bonds is 2. The van der Waals surface area contributed by atoms with E-state index in [1.165, 1.54) is 5.01 Å². The summed E-state index contributed by atoms with van der Waals surface area (Å²) in [6.45, 7) is 0.756. The van der Waals surface area contributed by atoms with Gasteiger partial charge in [0.25, 0.3) is 0 Å². The molecule has 4 nitrogen and oxygen atoms in total. The molecule has 0 aromatic carbocycles. The maximum atomic E-state index is 9.98. The standard InChI is InChI=1S/C6H9N3O/c1-9(8-10)6-4-2-3-5-7-6/h2-4,7H,5H2,1H3. The SMILES string of the molecule is CN(N=O)C1=CC=CCN1. The normalized spacial score (nSPS) is 15.5. The van der Waals surface area contributed by atoms with Gasteiger partial charge >= 0.3 is 0 Å². The first-order chi connectivity index (χ1) is 4.84. The molecule has 0 unspecified atom stereocenters. The van der Waals surface area contributed by atoms with Crippen LogP contribution in [0.3, 0.4) is 0 Å². The van der Waals surface area contributed by atoms with Crippen molar-refractivity contribution >= 4 is 0 Å². The highest BCUT2D eigenvalue weighted by Gasteiger charge is 2.02. The monoisotopic (exact) mass is 139 g/mol. The van der Waals surface area contributed by atoms with Crippen LogP contribution in [0.1, 0.15) is 0 Å². The Kier molecular flexibility index (Phi) is 2.04. The highest BCUT2D eigenvalue weighted by molar-refractivity contribution is 5.15. The van der Waals surface area contributed by atoms with Crippen molar-refractivity contribution in [2.75, 3.05) is 13.6 Å². The van der Waals surface area contributed by atoms with Crippen LogP contribution in [0.4, 0.5) is 0 Å². The Bertz CT molecular complexity index is 185. The van der Waals surface area contributed by atoms with Crippen LogP contribution in [-0.4, -0.2) is 18.6 Å². The lowest BCUT2D eigenvalue weighted by atomic mass is 10.4. The summed E-state index contributed by atoms with van der Waals surface area (Å²) in [5.74, 6) is 0.734. The lowest BCUT2D eigenvalue weighted by Crippen LogP contribution is -2.26. The van der Waals surface area contributed by atoms with Gasteiger partial charge in [-0.2, -0.15) is 0 Å². The van der Waals surface area contributed by atoms with E-state index in [4.69, 9.17) is 0 Å². The Labute approximate surface area is 59.2 Å². The Balaban J connectivity index is 2.61. The number of hydrogen-bond acceptors (Lipinski definition) is 3. The van der Waals surface area contributed by atoms with E-state index < -0.39 is 0 Å². The third-order valence-corrected chi connectivity index (χ3v) is 1.26. The molecule has 0 radical (unpaired) electrons. The van der Waals surface area contributed by atoms with Crippen LogP contribution >= 0.6 is 0 Å². The molecule has 1 aliphatic rings. The van der Waals surface area contributed by atoms with Gasteiger partial charge in [-0.3, -0.25) is 0 Å². The lowest BCUT2D eigenvalue weighted by Gasteiger charge is -2.15. The molecule has 54 valence electrons. The van der Waals surface area contributed by atoms with Gasteiger partial charge in [0, 0.05) is 13.6 Å². The summed E-state index contributed by atoms with van der Waals surface area (Å²) in [6, 6.07) is 0. The zero-order chi connectivity index (χ0) is 7.40. The number of dihydropyridines is 1. The van der Waals surface area contributed by atoms with Crippen molar-refractivity contribution in [3.63, 3.8) is 0 Å². The van der Waals surface area contributed by atoms with E-state index >= 15 is 0 Å². The highest BCUT2D eigenvalue weighted by atomic mass is 16.3. The second kappa shape index (κ2) is 3.00. The van der Waals surface area contributed by atoms with Crippen LogP contribution < -0.4 is 5.32 Å². The van der Waals surface area contributed by atoms with Crippen molar-refractivity contribution in [2.45, 2.75) is 0 Å². The summed E-state index contributed by atoms with van der Waals surface area (Å²) in [4.78, 5) is 9.98. The molecule has 0 aliphatic carbocycles. The first-order valence-corrected chi connectivity index (χ1v) is 3.02. The summed E-state index contributed by atoms with van der Waals surface area (Å²) in [7, 11) is 1.60. The van der Waals surface area contributed by atoms with E-state index in [0.29, 0.717) is 0 Å². The number of hydrogen-bond donors (Lipinski definition) is 1. The molecule has 1 aliphatic heterocycles. The van der Waals surface area contributed by atoms with Gasteiger partial charge in [-0.15, -0.1) is 4.91 Å². The molecular formula is C6H9N3O. The van der Waals surface area contributed by atoms with Crippen LogP contribution in [-0.2, 0) is 0 Å². The fraction of sp³-hybridized carbons (Fsp3) is 0.333. The predicted molar refractivity (Wildman–Crippen MR) is 38.8 cm³/mol. The number of nitroso groups, excluding NO2 is 1. The molecule has 0 amide bonds. The molecule has 4 heteroatoms. The van der Waals surface area contributed by atoms with Crippen molar-refractivity contribution in [1.82, 2.24) is 10.3 Å². The molecule has 0 atom stereocenters. The maximum absolute atomic E-state index is 9.98. The topological polar surface area (TPSA) is 44.7 Å². The Morgan fingerprint density at radius 2 is 2.60 bits per heavy atom. The first kappa shape index (κ1) is 6.80. The third kappa shape index (κ3) is 1.34. The first-order valence-electron chi connectivity index (χ1n) is 3.02. The van der Waals surface area contributed by atoms with E-state index in [2.05, 4.69) is 10.6 Å². The van der Waals surface area contributed by atoms with Crippen LogP contribution in [0.2, 0.25) is 0 Å². The van der Waals surface area contributed by atoms with Crippen molar-refractivity contribution in [1.29, 1.82) is 0 Å². The zero-order valence-electron chi connectivity index (χ0n) is 5.74. The summed E-state index contributed by atoms with van der Waals surface area (Å²) in [5.41, 5.74) is 0. The second-order valence-electron chi connectivity index (χ2n) is 1.97. The molecule has 0 saturated heterocycles. The number of nitrogens with zero attached hydrogens (tertiary/aromatic N) is 2. The van der Waals surface area contributed by atoms with E-state index in [-0.39, 0.29) is 0 Å². The van der Waals surface area contributed by atoms with E-state index in [1.54, 1.807) is 13.1 Å². The van der Waals surface area contributed by atoms with Crippen molar-refractivity contribution in [3.05, 3.63) is 29.0 Å². The fourth-order valence-corrected chi connectivity index (χ4v) is 0.716. The Hall–Kier alpha value is -1.32. The minimum absolute atomic E-state index is 0.734. The number of nitrogens with one attached hydrogen (secondary N) is 1. The molecule has 10 heavy (non-hydrogen) atoms. The maximum Gasteiger partial charge on any atom is 0.125 e. The molecule has 0 aromatic heterocycles. The van der Waals surface area contributed by atoms with Crippen molar-refractivity contribution in [2.24, 2.45) is 5.29 Å². The van der Waals surface area contributed by atoms with Gasteiger partial charge in [-0.25, -0.2) is 5.01 Å². The summed E-state index contributed by atoms with van der Waals surface area (Å²) in [5, 5.41) is 6.96. The van der Waals surface area contributed by atoms with Crippen molar-refractivity contribution in [3.8, 4) is 0 Å². The van der Waals surface area contributed by atoms with Gasteiger partial charge in [0.1, 0.15) is 5.82 Å². The molecule has 0 saturated carbocycles. The van der Waals surface area contributed by atoms with Gasteiger partial charge in [0.05, 0.1) is 5.29 Å². The molecule has 0 spiro atoms. The minimum atomic E-state index is 0.734. The van der Waals surface area contributed by atoms with Crippen LogP contribution in [0.25, 0.3) is 0 Å². The van der Waals surface area contributed by atoms with Gasteiger partial charge < -0.3 is 5.32 Å². The molecule has 0 fully saturated rings. The van der Waals surface area contributed by atoms with E-state index in [1.807, 2.05) is 12.2 Å². The Morgan fingerprint density at radius 1 is 1.80 bits per heavy atom. The molecule has 1 N–H and O–H groups in total. The highest BCUT2D eigenvalue weighted by Crippen LogP contribution is 2.00. The van der Waals surface area contributed by atoms with Crippen LogP contribution in [0, 0.1) is 4.91 Å². The van der Waals surface area contributed by atoms with E-state index in [9.17, 15) is 4.91 Å². The smallest absolute Gasteiger partial charge is 0.125 e. The minimum Gasteiger partial charge on any atom is -0.367 e. The van der Waals surface area contributed by atoms with Crippen LogP contribution in [0.15, 0.2) is 29.3 Å².